The monoisotopic (exact) mass is 370 g/mol. The molecular formula is C24H19ClN2. The summed E-state index contributed by atoms with van der Waals surface area (Å²) in [5.41, 5.74) is 5.62. The lowest BCUT2D eigenvalue weighted by Gasteiger charge is -2.32. The Morgan fingerprint density at radius 3 is 2.59 bits per heavy atom. The van der Waals surface area contributed by atoms with E-state index in [-0.39, 0.29) is 0 Å². The molecule has 0 amide bonds. The Morgan fingerprint density at radius 2 is 1.78 bits per heavy atom. The van der Waals surface area contributed by atoms with Crippen LogP contribution in [0.4, 0.5) is 0 Å². The number of benzene rings is 2. The lowest BCUT2D eigenvalue weighted by atomic mass is 9.71. The van der Waals surface area contributed by atoms with Gasteiger partial charge < -0.3 is 4.98 Å². The number of H-pyrrole nitrogens is 1. The highest BCUT2D eigenvalue weighted by atomic mass is 35.5. The fraction of sp³-hybridized carbons (Fsp3) is 0.125. The summed E-state index contributed by atoms with van der Waals surface area (Å²) in [5.74, 6) is 0.878. The van der Waals surface area contributed by atoms with E-state index < -0.39 is 5.41 Å². The van der Waals surface area contributed by atoms with Crippen LogP contribution >= 0.6 is 11.6 Å². The maximum atomic E-state index is 6.73. The Kier molecular flexibility index (Phi) is 3.87. The van der Waals surface area contributed by atoms with E-state index >= 15 is 0 Å². The standard InChI is InChI=1S/C24H19ClN2/c25-22-12-6-5-11-21(22)24(23-26-15-16-27-23)14-13-17-7-1-2-8-18(17)19-9-3-4-10-20(19)24/h1,3-7,9-16H,2,8H2,(H,26,27). The molecule has 132 valence electrons. The third-order valence-corrected chi connectivity index (χ3v) is 5.90. The van der Waals surface area contributed by atoms with Gasteiger partial charge in [0.1, 0.15) is 5.82 Å². The topological polar surface area (TPSA) is 28.7 Å². The Labute approximate surface area is 163 Å². The fourth-order valence-corrected chi connectivity index (χ4v) is 4.64. The predicted molar refractivity (Wildman–Crippen MR) is 111 cm³/mol. The average Bonchev–Trinajstić information content (AvgIpc) is 3.21. The van der Waals surface area contributed by atoms with Gasteiger partial charge in [0, 0.05) is 17.4 Å². The first-order valence-corrected chi connectivity index (χ1v) is 9.62. The van der Waals surface area contributed by atoms with Crippen molar-refractivity contribution in [3.05, 3.63) is 118 Å². The van der Waals surface area contributed by atoms with Gasteiger partial charge >= 0.3 is 0 Å². The average molecular weight is 371 g/mol. The van der Waals surface area contributed by atoms with Gasteiger partial charge in [-0.05, 0) is 46.7 Å². The predicted octanol–water partition coefficient (Wildman–Crippen LogP) is 6.07. The molecule has 3 heteroatoms. The van der Waals surface area contributed by atoms with E-state index in [1.807, 2.05) is 30.6 Å². The van der Waals surface area contributed by atoms with Gasteiger partial charge in [0.05, 0.1) is 5.41 Å². The van der Waals surface area contributed by atoms with E-state index in [9.17, 15) is 0 Å². The second-order valence-electron chi connectivity index (χ2n) is 6.98. The van der Waals surface area contributed by atoms with Gasteiger partial charge in [0.2, 0.25) is 0 Å². The van der Waals surface area contributed by atoms with Crippen LogP contribution in [0, 0.1) is 0 Å². The molecule has 1 heterocycles. The van der Waals surface area contributed by atoms with E-state index in [2.05, 4.69) is 64.6 Å². The molecule has 1 N–H and O–H groups in total. The van der Waals surface area contributed by atoms with E-state index in [4.69, 9.17) is 11.6 Å². The lowest BCUT2D eigenvalue weighted by Crippen LogP contribution is -2.29. The van der Waals surface area contributed by atoms with Crippen LogP contribution in [0.5, 0.6) is 0 Å². The highest BCUT2D eigenvalue weighted by Crippen LogP contribution is 2.48. The minimum absolute atomic E-state index is 0.566. The van der Waals surface area contributed by atoms with E-state index in [0.29, 0.717) is 0 Å². The highest BCUT2D eigenvalue weighted by molar-refractivity contribution is 6.31. The first kappa shape index (κ1) is 16.3. The van der Waals surface area contributed by atoms with Crippen LogP contribution in [-0.2, 0) is 5.41 Å². The van der Waals surface area contributed by atoms with Crippen molar-refractivity contribution in [2.45, 2.75) is 18.3 Å². The van der Waals surface area contributed by atoms with Gasteiger partial charge in [0.15, 0.2) is 0 Å². The summed E-state index contributed by atoms with van der Waals surface area (Å²) in [5, 5.41) is 0.740. The van der Waals surface area contributed by atoms with Crippen LogP contribution < -0.4 is 0 Å². The molecule has 0 spiro atoms. The molecular weight excluding hydrogens is 352 g/mol. The molecule has 27 heavy (non-hydrogen) atoms. The van der Waals surface area contributed by atoms with Crippen molar-refractivity contribution in [2.24, 2.45) is 0 Å². The maximum Gasteiger partial charge on any atom is 0.125 e. The number of aromatic amines is 1. The summed E-state index contributed by atoms with van der Waals surface area (Å²) in [7, 11) is 0. The third-order valence-electron chi connectivity index (χ3n) is 5.57. The Hall–Kier alpha value is -2.84. The van der Waals surface area contributed by atoms with Gasteiger partial charge in [-0.25, -0.2) is 4.98 Å². The summed E-state index contributed by atoms with van der Waals surface area (Å²) in [6, 6.07) is 16.7. The summed E-state index contributed by atoms with van der Waals surface area (Å²) >= 11 is 6.73. The SMILES string of the molecule is Clc1ccccc1C1(c2ncc[nH]2)C=CC2=C(CCC=C2)c2ccccc21. The highest BCUT2D eigenvalue weighted by Gasteiger charge is 2.41. The van der Waals surface area contributed by atoms with Gasteiger partial charge in [0.25, 0.3) is 0 Å². The molecule has 2 aliphatic carbocycles. The first-order valence-electron chi connectivity index (χ1n) is 9.24. The van der Waals surface area contributed by atoms with Crippen LogP contribution in [-0.4, -0.2) is 9.97 Å². The van der Waals surface area contributed by atoms with Gasteiger partial charge in [-0.15, -0.1) is 0 Å². The Balaban J connectivity index is 1.90. The molecule has 0 fully saturated rings. The van der Waals surface area contributed by atoms with Crippen molar-refractivity contribution in [1.82, 2.24) is 9.97 Å². The Morgan fingerprint density at radius 1 is 0.963 bits per heavy atom. The third kappa shape index (κ3) is 2.44. The van der Waals surface area contributed by atoms with Crippen molar-refractivity contribution in [3.8, 4) is 0 Å². The summed E-state index contributed by atoms with van der Waals surface area (Å²) in [6.07, 6.45) is 14.8. The molecule has 0 radical (unpaired) electrons. The number of hydrogen-bond acceptors (Lipinski definition) is 1. The summed E-state index contributed by atoms with van der Waals surface area (Å²) < 4.78 is 0. The van der Waals surface area contributed by atoms with Crippen molar-refractivity contribution in [2.75, 3.05) is 0 Å². The van der Waals surface area contributed by atoms with E-state index in [1.165, 1.54) is 22.3 Å². The van der Waals surface area contributed by atoms with Gasteiger partial charge in [-0.3, -0.25) is 0 Å². The molecule has 1 unspecified atom stereocenters. The Bertz CT molecular complexity index is 1090. The number of nitrogens with zero attached hydrogens (tertiary/aromatic N) is 1. The van der Waals surface area contributed by atoms with Crippen LogP contribution in [0.1, 0.15) is 35.4 Å². The van der Waals surface area contributed by atoms with Gasteiger partial charge in [-0.2, -0.15) is 0 Å². The number of fused-ring (bicyclic) bond motifs is 2. The molecule has 2 nitrogen and oxygen atoms in total. The molecule has 1 aromatic heterocycles. The number of halogens is 1. The largest absolute Gasteiger partial charge is 0.347 e. The minimum atomic E-state index is -0.566. The zero-order valence-electron chi connectivity index (χ0n) is 14.8. The molecule has 2 aliphatic rings. The van der Waals surface area contributed by atoms with Crippen LogP contribution in [0.25, 0.3) is 5.57 Å². The van der Waals surface area contributed by atoms with E-state index in [0.717, 1.165) is 29.3 Å². The fourth-order valence-electron chi connectivity index (χ4n) is 4.35. The minimum Gasteiger partial charge on any atom is -0.347 e. The van der Waals surface area contributed by atoms with Crippen molar-refractivity contribution in [3.63, 3.8) is 0 Å². The van der Waals surface area contributed by atoms with Crippen molar-refractivity contribution < 1.29 is 0 Å². The lowest BCUT2D eigenvalue weighted by molar-refractivity contribution is 0.718. The first-order chi connectivity index (χ1) is 13.3. The zero-order valence-corrected chi connectivity index (χ0v) is 15.6. The molecule has 3 aromatic rings. The van der Waals surface area contributed by atoms with Crippen LogP contribution in [0.15, 0.2) is 90.8 Å². The van der Waals surface area contributed by atoms with Crippen LogP contribution in [0.2, 0.25) is 5.02 Å². The van der Waals surface area contributed by atoms with Crippen LogP contribution in [0.3, 0.4) is 0 Å². The number of hydrogen-bond donors (Lipinski definition) is 1. The maximum absolute atomic E-state index is 6.73. The smallest absolute Gasteiger partial charge is 0.125 e. The molecule has 0 aliphatic heterocycles. The molecule has 0 saturated carbocycles. The number of rotatable bonds is 2. The molecule has 1 atom stereocenters. The molecule has 0 saturated heterocycles. The quantitative estimate of drug-likeness (QED) is 0.582. The van der Waals surface area contributed by atoms with Crippen molar-refractivity contribution >= 4 is 17.2 Å². The number of nitrogens with one attached hydrogen (secondary N) is 1. The molecule has 0 bridgehead atoms. The second-order valence-corrected chi connectivity index (χ2v) is 7.39. The number of imidazole rings is 1. The normalized spacial score (nSPS) is 20.9. The molecule has 2 aromatic carbocycles. The van der Waals surface area contributed by atoms with Crippen molar-refractivity contribution in [1.29, 1.82) is 0 Å². The van der Waals surface area contributed by atoms with Gasteiger partial charge in [-0.1, -0.05) is 78.4 Å². The second kappa shape index (κ2) is 6.40. The van der Waals surface area contributed by atoms with E-state index in [1.54, 1.807) is 0 Å². The number of allylic oxidation sites excluding steroid dienone is 6. The number of aromatic nitrogens is 2. The molecule has 5 rings (SSSR count). The summed E-state index contributed by atoms with van der Waals surface area (Å²) in [6.45, 7) is 0. The zero-order chi connectivity index (χ0) is 18.3. The summed E-state index contributed by atoms with van der Waals surface area (Å²) in [4.78, 5) is 8.05.